The Hall–Kier alpha value is -4.04. The molecule has 5 nitrogen and oxygen atoms in total. The van der Waals surface area contributed by atoms with Crippen molar-refractivity contribution in [3.8, 4) is 23.3 Å². The van der Waals surface area contributed by atoms with Crippen molar-refractivity contribution in [2.75, 3.05) is 6.61 Å². The standard InChI is InChI=1S/C26H23NO4/c1-2-3-17-30-26(29)24(27-25(28)21-12-6-4-7-13-21)19-20-11-10-16-23(18-20)31-22-14-8-5-9-15-22/h4-16,18,24H,17,19H2,1H3,(H,27,28). The van der Waals surface area contributed by atoms with Gasteiger partial charge in [-0.3, -0.25) is 4.79 Å². The van der Waals surface area contributed by atoms with Crippen LogP contribution in [0, 0.1) is 11.8 Å². The van der Waals surface area contributed by atoms with E-state index in [1.807, 2.05) is 60.7 Å². The van der Waals surface area contributed by atoms with Gasteiger partial charge < -0.3 is 14.8 Å². The summed E-state index contributed by atoms with van der Waals surface area (Å²) in [6.07, 6.45) is 0.253. The molecule has 0 radical (unpaired) electrons. The van der Waals surface area contributed by atoms with E-state index in [9.17, 15) is 9.59 Å². The van der Waals surface area contributed by atoms with Gasteiger partial charge in [0.2, 0.25) is 0 Å². The molecule has 0 spiro atoms. The van der Waals surface area contributed by atoms with E-state index >= 15 is 0 Å². The predicted molar refractivity (Wildman–Crippen MR) is 119 cm³/mol. The highest BCUT2D eigenvalue weighted by Gasteiger charge is 2.23. The lowest BCUT2D eigenvalue weighted by atomic mass is 10.0. The molecule has 31 heavy (non-hydrogen) atoms. The lowest BCUT2D eigenvalue weighted by Gasteiger charge is -2.18. The fraction of sp³-hybridized carbons (Fsp3) is 0.154. The third kappa shape index (κ3) is 6.76. The van der Waals surface area contributed by atoms with Gasteiger partial charge in [0.25, 0.3) is 5.91 Å². The van der Waals surface area contributed by atoms with Crippen LogP contribution in [0.1, 0.15) is 22.8 Å². The van der Waals surface area contributed by atoms with Crippen molar-refractivity contribution in [3.05, 3.63) is 96.1 Å². The van der Waals surface area contributed by atoms with Crippen LogP contribution in [-0.2, 0) is 16.0 Å². The molecule has 1 unspecified atom stereocenters. The number of carbonyl (C=O) groups is 2. The third-order valence-electron chi connectivity index (χ3n) is 4.41. The Morgan fingerprint density at radius 1 is 0.903 bits per heavy atom. The van der Waals surface area contributed by atoms with E-state index in [2.05, 4.69) is 17.2 Å². The quantitative estimate of drug-likeness (QED) is 0.440. The van der Waals surface area contributed by atoms with Gasteiger partial charge in [-0.2, -0.15) is 0 Å². The number of hydrogen-bond donors (Lipinski definition) is 1. The normalized spacial score (nSPS) is 10.9. The minimum atomic E-state index is -0.863. The van der Waals surface area contributed by atoms with Crippen LogP contribution in [0.3, 0.4) is 0 Å². The Morgan fingerprint density at radius 3 is 2.29 bits per heavy atom. The van der Waals surface area contributed by atoms with Crippen LogP contribution in [0.5, 0.6) is 11.5 Å². The molecule has 0 fully saturated rings. The lowest BCUT2D eigenvalue weighted by molar-refractivity contribution is -0.144. The molecule has 0 saturated heterocycles. The third-order valence-corrected chi connectivity index (χ3v) is 4.41. The smallest absolute Gasteiger partial charge is 0.329 e. The Balaban J connectivity index is 1.75. The van der Waals surface area contributed by atoms with Crippen molar-refractivity contribution in [1.29, 1.82) is 0 Å². The molecule has 3 rings (SSSR count). The van der Waals surface area contributed by atoms with E-state index in [-0.39, 0.29) is 18.9 Å². The summed E-state index contributed by atoms with van der Waals surface area (Å²) in [6, 6.07) is 24.7. The predicted octanol–water partition coefficient (Wildman–Crippen LogP) is 4.39. The fourth-order valence-corrected chi connectivity index (χ4v) is 2.90. The number of nitrogens with one attached hydrogen (secondary N) is 1. The molecule has 0 aliphatic heterocycles. The Kier molecular flexibility index (Phi) is 7.84. The fourth-order valence-electron chi connectivity index (χ4n) is 2.90. The number of ether oxygens (including phenoxy) is 2. The topological polar surface area (TPSA) is 64.6 Å². The van der Waals surface area contributed by atoms with Crippen LogP contribution in [0.2, 0.25) is 0 Å². The van der Waals surface area contributed by atoms with Crippen molar-refractivity contribution in [3.63, 3.8) is 0 Å². The maximum Gasteiger partial charge on any atom is 0.329 e. The van der Waals surface area contributed by atoms with Crippen molar-refractivity contribution < 1.29 is 19.1 Å². The zero-order chi connectivity index (χ0) is 21.9. The summed E-state index contributed by atoms with van der Waals surface area (Å²) in [6.45, 7) is 1.64. The molecule has 0 heterocycles. The first-order valence-electron chi connectivity index (χ1n) is 9.89. The summed E-state index contributed by atoms with van der Waals surface area (Å²) in [5.41, 5.74) is 1.29. The molecule has 0 bridgehead atoms. The van der Waals surface area contributed by atoms with Gasteiger partial charge in [-0.15, -0.1) is 5.92 Å². The summed E-state index contributed by atoms with van der Waals surface area (Å²) in [5.74, 6) is 5.84. The Bertz CT molecular complexity index is 1070. The van der Waals surface area contributed by atoms with E-state index in [0.717, 1.165) is 5.56 Å². The van der Waals surface area contributed by atoms with Gasteiger partial charge in [-0.1, -0.05) is 54.5 Å². The molecular weight excluding hydrogens is 390 g/mol. The minimum Gasteiger partial charge on any atom is -0.457 e. The minimum absolute atomic E-state index is 0.0236. The van der Waals surface area contributed by atoms with E-state index in [1.165, 1.54) is 0 Å². The number of esters is 1. The van der Waals surface area contributed by atoms with Crippen LogP contribution < -0.4 is 10.1 Å². The largest absolute Gasteiger partial charge is 0.457 e. The molecule has 3 aromatic rings. The number of para-hydroxylation sites is 1. The monoisotopic (exact) mass is 413 g/mol. The Labute approximate surface area is 182 Å². The number of hydrogen-bond acceptors (Lipinski definition) is 4. The maximum absolute atomic E-state index is 12.6. The van der Waals surface area contributed by atoms with Gasteiger partial charge in [0.15, 0.2) is 6.61 Å². The summed E-state index contributed by atoms with van der Waals surface area (Å²) in [4.78, 5) is 25.2. The number of benzene rings is 3. The van der Waals surface area contributed by atoms with Crippen LogP contribution in [-0.4, -0.2) is 24.5 Å². The molecule has 1 amide bonds. The average molecular weight is 413 g/mol. The summed E-state index contributed by atoms with van der Waals surface area (Å²) >= 11 is 0. The van der Waals surface area contributed by atoms with Crippen LogP contribution in [0.25, 0.3) is 0 Å². The summed E-state index contributed by atoms with van der Waals surface area (Å²) < 4.78 is 11.1. The van der Waals surface area contributed by atoms with Crippen LogP contribution in [0.4, 0.5) is 0 Å². The van der Waals surface area contributed by atoms with Gasteiger partial charge >= 0.3 is 5.97 Å². The van der Waals surface area contributed by atoms with Crippen molar-refractivity contribution in [2.24, 2.45) is 0 Å². The molecule has 1 N–H and O–H groups in total. The highest BCUT2D eigenvalue weighted by Crippen LogP contribution is 2.22. The molecule has 1 atom stereocenters. The zero-order valence-corrected chi connectivity index (χ0v) is 17.2. The molecule has 0 saturated carbocycles. The van der Waals surface area contributed by atoms with Gasteiger partial charge in [0.05, 0.1) is 0 Å². The van der Waals surface area contributed by atoms with Gasteiger partial charge in [-0.25, -0.2) is 4.79 Å². The highest BCUT2D eigenvalue weighted by molar-refractivity contribution is 5.96. The summed E-state index contributed by atoms with van der Waals surface area (Å²) in [7, 11) is 0. The summed E-state index contributed by atoms with van der Waals surface area (Å²) in [5, 5.41) is 2.78. The molecule has 3 aromatic carbocycles. The van der Waals surface area contributed by atoms with Gasteiger partial charge in [-0.05, 0) is 48.9 Å². The second-order valence-electron chi connectivity index (χ2n) is 6.69. The van der Waals surface area contributed by atoms with Gasteiger partial charge in [0.1, 0.15) is 17.5 Å². The van der Waals surface area contributed by atoms with Crippen molar-refractivity contribution in [1.82, 2.24) is 5.32 Å². The van der Waals surface area contributed by atoms with E-state index < -0.39 is 12.0 Å². The SMILES string of the molecule is CC#CCOC(=O)C(Cc1cccc(Oc2ccccc2)c1)NC(=O)c1ccccc1. The molecule has 0 aromatic heterocycles. The number of amides is 1. The molecule has 0 aliphatic rings. The number of rotatable bonds is 8. The molecule has 5 heteroatoms. The van der Waals surface area contributed by atoms with E-state index in [1.54, 1.807) is 31.2 Å². The first-order valence-corrected chi connectivity index (χ1v) is 9.89. The molecular formula is C26H23NO4. The van der Waals surface area contributed by atoms with Crippen LogP contribution >= 0.6 is 0 Å². The number of carbonyl (C=O) groups excluding carboxylic acids is 2. The second kappa shape index (κ2) is 11.2. The molecule has 0 aliphatic carbocycles. The first-order chi connectivity index (χ1) is 15.2. The van der Waals surface area contributed by atoms with Crippen LogP contribution in [0.15, 0.2) is 84.9 Å². The zero-order valence-electron chi connectivity index (χ0n) is 17.2. The van der Waals surface area contributed by atoms with Gasteiger partial charge in [0, 0.05) is 12.0 Å². The maximum atomic E-state index is 12.6. The van der Waals surface area contributed by atoms with E-state index in [4.69, 9.17) is 9.47 Å². The van der Waals surface area contributed by atoms with Crippen molar-refractivity contribution in [2.45, 2.75) is 19.4 Å². The Morgan fingerprint density at radius 2 is 1.58 bits per heavy atom. The molecule has 156 valence electrons. The lowest BCUT2D eigenvalue weighted by Crippen LogP contribution is -2.43. The second-order valence-corrected chi connectivity index (χ2v) is 6.69. The highest BCUT2D eigenvalue weighted by atomic mass is 16.5. The van der Waals surface area contributed by atoms with E-state index in [0.29, 0.717) is 17.1 Å². The average Bonchev–Trinajstić information content (AvgIpc) is 2.80. The van der Waals surface area contributed by atoms with Crippen molar-refractivity contribution >= 4 is 11.9 Å². The first kappa shape index (κ1) is 21.7.